The van der Waals surface area contributed by atoms with Crippen molar-refractivity contribution in [1.82, 2.24) is 5.32 Å². The van der Waals surface area contributed by atoms with Gasteiger partial charge >= 0.3 is 0 Å². The summed E-state index contributed by atoms with van der Waals surface area (Å²) in [6, 6.07) is 0.118. The van der Waals surface area contributed by atoms with Crippen LogP contribution in [0.5, 0.6) is 0 Å². The molecule has 0 aromatic heterocycles. The molecule has 0 aromatic rings. The minimum absolute atomic E-state index is 0.118. The molecule has 2 atom stereocenters. The molecular formula is C12H22ClNOS. The molecule has 2 nitrogen and oxygen atoms in total. The zero-order chi connectivity index (χ0) is 12.2. The van der Waals surface area contributed by atoms with Crippen LogP contribution in [0.2, 0.25) is 0 Å². The smallest absolute Gasteiger partial charge is 0.236 e. The van der Waals surface area contributed by atoms with Gasteiger partial charge in [0.1, 0.15) is 0 Å². The highest BCUT2D eigenvalue weighted by Crippen LogP contribution is 2.37. The molecule has 0 saturated carbocycles. The number of thioether (sulfide) groups is 1. The number of rotatable bonds is 5. The molecular weight excluding hydrogens is 242 g/mol. The Balaban J connectivity index is 2.48. The van der Waals surface area contributed by atoms with Crippen molar-refractivity contribution < 1.29 is 4.79 Å². The Hall–Kier alpha value is 0.110. The first kappa shape index (κ1) is 14.2. The third kappa shape index (κ3) is 3.85. The monoisotopic (exact) mass is 263 g/mol. The van der Waals surface area contributed by atoms with Crippen LogP contribution in [0.15, 0.2) is 0 Å². The first-order valence-electron chi connectivity index (χ1n) is 5.99. The minimum atomic E-state index is -0.221. The zero-order valence-electron chi connectivity index (χ0n) is 10.4. The van der Waals surface area contributed by atoms with Crippen molar-refractivity contribution in [1.29, 1.82) is 0 Å². The fourth-order valence-corrected chi connectivity index (χ4v) is 3.45. The average Bonchev–Trinajstić information content (AvgIpc) is 2.64. The minimum Gasteiger partial charge on any atom is -0.351 e. The average molecular weight is 264 g/mol. The predicted octanol–water partition coefficient (Wildman–Crippen LogP) is 3.04. The lowest BCUT2D eigenvalue weighted by Gasteiger charge is -2.26. The highest BCUT2D eigenvalue weighted by molar-refractivity contribution is 8.01. The molecule has 0 aliphatic carbocycles. The molecule has 1 fully saturated rings. The van der Waals surface area contributed by atoms with E-state index < -0.39 is 0 Å². The van der Waals surface area contributed by atoms with Gasteiger partial charge in [-0.2, -0.15) is 0 Å². The maximum absolute atomic E-state index is 12.1. The Morgan fingerprint density at radius 2 is 2.25 bits per heavy atom. The van der Waals surface area contributed by atoms with E-state index in [-0.39, 0.29) is 16.7 Å². The van der Waals surface area contributed by atoms with Gasteiger partial charge in [-0.15, -0.1) is 23.4 Å². The molecule has 1 aliphatic rings. The molecule has 4 heteroatoms. The normalized spacial score (nSPS) is 27.1. The molecule has 0 bridgehead atoms. The summed E-state index contributed by atoms with van der Waals surface area (Å²) >= 11 is 7.66. The molecule has 1 saturated heterocycles. The van der Waals surface area contributed by atoms with Crippen LogP contribution in [0.1, 0.15) is 40.0 Å². The van der Waals surface area contributed by atoms with Crippen molar-refractivity contribution in [3.8, 4) is 0 Å². The number of carbonyl (C=O) groups excluding carboxylic acids is 1. The van der Waals surface area contributed by atoms with Gasteiger partial charge in [0, 0.05) is 11.9 Å². The van der Waals surface area contributed by atoms with E-state index in [1.807, 2.05) is 6.92 Å². The third-order valence-corrected chi connectivity index (χ3v) is 4.87. The predicted molar refractivity (Wildman–Crippen MR) is 72.2 cm³/mol. The standard InChI is InChI=1S/C12H22ClNOS/c1-9(2)7-10(8-13)14-11(15)12(3)5-4-6-16-12/h9-10H,4-8H2,1-3H3,(H,14,15). The second kappa shape index (κ2) is 6.15. The molecule has 1 amide bonds. The van der Waals surface area contributed by atoms with Crippen LogP contribution in [0.3, 0.4) is 0 Å². The molecule has 1 aliphatic heterocycles. The Labute approximate surface area is 108 Å². The second-order valence-electron chi connectivity index (χ2n) is 5.14. The first-order valence-corrected chi connectivity index (χ1v) is 7.51. The van der Waals surface area contributed by atoms with Gasteiger partial charge < -0.3 is 5.32 Å². The number of alkyl halides is 1. The number of hydrogen-bond donors (Lipinski definition) is 1. The summed E-state index contributed by atoms with van der Waals surface area (Å²) in [4.78, 5) is 12.1. The number of nitrogens with one attached hydrogen (secondary N) is 1. The summed E-state index contributed by atoms with van der Waals surface area (Å²) in [6.45, 7) is 6.34. The van der Waals surface area contributed by atoms with Gasteiger partial charge in [0.2, 0.25) is 5.91 Å². The SMILES string of the molecule is CC(C)CC(CCl)NC(=O)C1(C)CCCS1. The Kier molecular flexibility index (Phi) is 5.45. The summed E-state index contributed by atoms with van der Waals surface area (Å²) < 4.78 is -0.221. The van der Waals surface area contributed by atoms with Gasteiger partial charge in [0.15, 0.2) is 0 Å². The lowest BCUT2D eigenvalue weighted by Crippen LogP contribution is -2.46. The zero-order valence-corrected chi connectivity index (χ0v) is 12.0. The molecule has 1 heterocycles. The first-order chi connectivity index (χ1) is 7.48. The number of halogens is 1. The second-order valence-corrected chi connectivity index (χ2v) is 7.04. The van der Waals surface area contributed by atoms with Gasteiger partial charge in [-0.25, -0.2) is 0 Å². The number of hydrogen-bond acceptors (Lipinski definition) is 2. The van der Waals surface area contributed by atoms with Gasteiger partial charge in [-0.1, -0.05) is 13.8 Å². The molecule has 1 rings (SSSR count). The van der Waals surface area contributed by atoms with Crippen LogP contribution in [-0.2, 0) is 4.79 Å². The summed E-state index contributed by atoms with van der Waals surface area (Å²) in [5, 5.41) is 3.09. The van der Waals surface area contributed by atoms with Crippen molar-refractivity contribution in [2.75, 3.05) is 11.6 Å². The molecule has 16 heavy (non-hydrogen) atoms. The van der Waals surface area contributed by atoms with Crippen molar-refractivity contribution in [3.05, 3.63) is 0 Å². The van der Waals surface area contributed by atoms with Crippen molar-refractivity contribution in [2.45, 2.75) is 50.8 Å². The van der Waals surface area contributed by atoms with Gasteiger partial charge in [0.25, 0.3) is 0 Å². The van der Waals surface area contributed by atoms with E-state index in [4.69, 9.17) is 11.6 Å². The third-order valence-electron chi connectivity index (χ3n) is 2.98. The maximum Gasteiger partial charge on any atom is 0.236 e. The van der Waals surface area contributed by atoms with E-state index in [2.05, 4.69) is 19.2 Å². The fraction of sp³-hybridized carbons (Fsp3) is 0.917. The molecule has 0 radical (unpaired) electrons. The fourth-order valence-electron chi connectivity index (χ4n) is 2.03. The summed E-state index contributed by atoms with van der Waals surface area (Å²) in [7, 11) is 0. The molecule has 1 N–H and O–H groups in total. The van der Waals surface area contributed by atoms with Crippen LogP contribution < -0.4 is 5.32 Å². The van der Waals surface area contributed by atoms with Crippen LogP contribution in [0.4, 0.5) is 0 Å². The van der Waals surface area contributed by atoms with Gasteiger partial charge in [-0.05, 0) is 37.9 Å². The lowest BCUT2D eigenvalue weighted by atomic mass is 10.0. The van der Waals surface area contributed by atoms with E-state index in [1.165, 1.54) is 0 Å². The Bertz CT molecular complexity index is 239. The van der Waals surface area contributed by atoms with Crippen molar-refractivity contribution >= 4 is 29.3 Å². The van der Waals surface area contributed by atoms with E-state index >= 15 is 0 Å². The van der Waals surface area contributed by atoms with Crippen LogP contribution in [0.25, 0.3) is 0 Å². The van der Waals surface area contributed by atoms with Crippen molar-refractivity contribution in [2.24, 2.45) is 5.92 Å². The lowest BCUT2D eigenvalue weighted by molar-refractivity contribution is -0.123. The number of carbonyl (C=O) groups is 1. The van der Waals surface area contributed by atoms with Crippen LogP contribution >= 0.6 is 23.4 Å². The summed E-state index contributed by atoms with van der Waals surface area (Å²) in [6.07, 6.45) is 3.08. The Morgan fingerprint density at radius 1 is 1.56 bits per heavy atom. The van der Waals surface area contributed by atoms with E-state index in [1.54, 1.807) is 11.8 Å². The van der Waals surface area contributed by atoms with E-state index in [0.29, 0.717) is 11.8 Å². The van der Waals surface area contributed by atoms with Gasteiger partial charge in [-0.3, -0.25) is 4.79 Å². The topological polar surface area (TPSA) is 29.1 Å². The van der Waals surface area contributed by atoms with Crippen LogP contribution in [0, 0.1) is 5.92 Å². The highest BCUT2D eigenvalue weighted by atomic mass is 35.5. The van der Waals surface area contributed by atoms with E-state index in [9.17, 15) is 4.79 Å². The van der Waals surface area contributed by atoms with Gasteiger partial charge in [0.05, 0.1) is 4.75 Å². The molecule has 0 aromatic carbocycles. The van der Waals surface area contributed by atoms with E-state index in [0.717, 1.165) is 25.0 Å². The number of amides is 1. The van der Waals surface area contributed by atoms with Crippen molar-refractivity contribution in [3.63, 3.8) is 0 Å². The molecule has 0 spiro atoms. The molecule has 2 unspecified atom stereocenters. The molecule has 94 valence electrons. The summed E-state index contributed by atoms with van der Waals surface area (Å²) in [5.41, 5.74) is 0. The highest BCUT2D eigenvalue weighted by Gasteiger charge is 2.37. The largest absolute Gasteiger partial charge is 0.351 e. The maximum atomic E-state index is 12.1. The Morgan fingerprint density at radius 3 is 2.69 bits per heavy atom. The summed E-state index contributed by atoms with van der Waals surface area (Å²) in [5.74, 6) is 2.33. The van der Waals surface area contributed by atoms with Crippen LogP contribution in [-0.4, -0.2) is 28.3 Å². The quantitative estimate of drug-likeness (QED) is 0.773.